The zero-order valence-electron chi connectivity index (χ0n) is 26.9. The van der Waals surface area contributed by atoms with Crippen LogP contribution < -0.4 is 35.7 Å². The summed E-state index contributed by atoms with van der Waals surface area (Å²) in [5.41, 5.74) is 7.75. The van der Waals surface area contributed by atoms with Crippen LogP contribution in [0.2, 0.25) is 0 Å². The molecule has 0 aliphatic carbocycles. The van der Waals surface area contributed by atoms with Gasteiger partial charge in [-0.15, -0.1) is 0 Å². The summed E-state index contributed by atoms with van der Waals surface area (Å²) in [6, 6.07) is 16.1. The SMILES string of the molecule is CCOc1cc(C(Nc2ccc3c(N)nccc3c2)C(=O)NCc2cc(S(N)(=O)=O)ccc2OC)ccc1OC(C)C.O=C(O)C(F)(F)F. The Morgan fingerprint density at radius 2 is 1.67 bits per heavy atom. The number of alkyl halides is 3. The number of carboxylic acid groups (broad SMARTS) is 1. The molecule has 0 spiro atoms. The molecule has 0 aliphatic heterocycles. The number of aliphatic carboxylic acids is 1. The number of rotatable bonds is 12. The fourth-order valence-electron chi connectivity index (χ4n) is 4.44. The topological polar surface area (TPSA) is 205 Å². The molecule has 1 aromatic heterocycles. The molecule has 0 saturated carbocycles. The van der Waals surface area contributed by atoms with Crippen LogP contribution in [0.3, 0.4) is 0 Å². The third-order valence-corrected chi connectivity index (χ3v) is 7.52. The van der Waals surface area contributed by atoms with Crippen LogP contribution in [0.5, 0.6) is 17.2 Å². The van der Waals surface area contributed by atoms with Crippen LogP contribution in [-0.2, 0) is 26.2 Å². The van der Waals surface area contributed by atoms with Gasteiger partial charge in [0.1, 0.15) is 17.6 Å². The maximum Gasteiger partial charge on any atom is 0.490 e. The molecule has 264 valence electrons. The van der Waals surface area contributed by atoms with Gasteiger partial charge in [-0.05, 0) is 86.3 Å². The lowest BCUT2D eigenvalue weighted by Gasteiger charge is -2.23. The Hall–Kier alpha value is -5.29. The van der Waals surface area contributed by atoms with Gasteiger partial charge in [-0.1, -0.05) is 6.07 Å². The van der Waals surface area contributed by atoms with E-state index in [9.17, 15) is 26.4 Å². The van der Waals surface area contributed by atoms with E-state index in [0.717, 1.165) is 10.8 Å². The molecule has 1 heterocycles. The van der Waals surface area contributed by atoms with Gasteiger partial charge in [-0.25, -0.2) is 23.3 Å². The molecule has 1 atom stereocenters. The fourth-order valence-corrected chi connectivity index (χ4v) is 5.00. The Kier molecular flexibility index (Phi) is 12.6. The van der Waals surface area contributed by atoms with E-state index in [1.54, 1.807) is 24.4 Å². The second-order valence-electron chi connectivity index (χ2n) is 10.6. The van der Waals surface area contributed by atoms with Crippen LogP contribution in [0.15, 0.2) is 71.8 Å². The molecule has 0 fully saturated rings. The zero-order valence-corrected chi connectivity index (χ0v) is 27.7. The number of anilines is 2. The molecule has 0 saturated heterocycles. The van der Waals surface area contributed by atoms with Crippen LogP contribution in [0.25, 0.3) is 10.8 Å². The minimum Gasteiger partial charge on any atom is -0.496 e. The number of pyridine rings is 1. The van der Waals surface area contributed by atoms with Gasteiger partial charge >= 0.3 is 12.1 Å². The summed E-state index contributed by atoms with van der Waals surface area (Å²) in [6.45, 7) is 6.09. The number of hydrogen-bond donors (Lipinski definition) is 5. The lowest BCUT2D eigenvalue weighted by Crippen LogP contribution is -2.33. The smallest absolute Gasteiger partial charge is 0.490 e. The Bertz CT molecular complexity index is 1910. The summed E-state index contributed by atoms with van der Waals surface area (Å²) in [4.78, 5) is 26.7. The Balaban J connectivity index is 0.000000838. The standard InChI is InChI=1S/C30H35N5O6S.C2HF3O2/c1-5-40-27-16-20(6-10-26(27)41-18(2)3)28(35-22-7-9-24-19(14-22)12-13-33-29(24)31)30(36)34-17-21-15-23(42(32,37)38)8-11-25(21)39-4;3-2(4,5)1(6)7/h6-16,18,28,35H,5,17H2,1-4H3,(H2,31,33)(H,34,36)(H2,32,37,38);(H,6,7). The largest absolute Gasteiger partial charge is 0.496 e. The molecule has 0 aliphatic rings. The van der Waals surface area contributed by atoms with Crippen LogP contribution in [0.1, 0.15) is 37.9 Å². The highest BCUT2D eigenvalue weighted by molar-refractivity contribution is 7.89. The first-order valence-electron chi connectivity index (χ1n) is 14.6. The molecule has 0 radical (unpaired) electrons. The average Bonchev–Trinajstić information content (AvgIpc) is 3.02. The monoisotopic (exact) mass is 707 g/mol. The van der Waals surface area contributed by atoms with Gasteiger partial charge in [0.2, 0.25) is 15.9 Å². The number of carbonyl (C=O) groups is 2. The van der Waals surface area contributed by atoms with E-state index >= 15 is 0 Å². The Morgan fingerprint density at radius 1 is 1.00 bits per heavy atom. The van der Waals surface area contributed by atoms with Crippen LogP contribution in [0, 0.1) is 0 Å². The van der Waals surface area contributed by atoms with E-state index < -0.39 is 28.2 Å². The number of nitrogens with zero attached hydrogens (tertiary/aromatic N) is 1. The lowest BCUT2D eigenvalue weighted by molar-refractivity contribution is -0.192. The van der Waals surface area contributed by atoms with Crippen LogP contribution in [-0.4, -0.2) is 56.4 Å². The minimum atomic E-state index is -5.08. The number of aromatic nitrogens is 1. The number of amides is 1. The quantitative estimate of drug-likeness (QED) is 0.136. The Morgan fingerprint density at radius 3 is 2.27 bits per heavy atom. The highest BCUT2D eigenvalue weighted by Crippen LogP contribution is 2.34. The van der Waals surface area contributed by atoms with E-state index in [0.29, 0.717) is 46.5 Å². The van der Waals surface area contributed by atoms with E-state index in [1.165, 1.54) is 25.3 Å². The number of methoxy groups -OCH3 is 1. The van der Waals surface area contributed by atoms with Crippen molar-refractivity contribution < 1.29 is 50.5 Å². The highest BCUT2D eigenvalue weighted by atomic mass is 32.2. The number of primary sulfonamides is 1. The molecular formula is C32H36F3N5O8S. The molecule has 1 unspecified atom stereocenters. The molecule has 4 aromatic rings. The lowest BCUT2D eigenvalue weighted by atomic mass is 10.0. The summed E-state index contributed by atoms with van der Waals surface area (Å²) < 4.78 is 72.7. The summed E-state index contributed by atoms with van der Waals surface area (Å²) in [5.74, 6) is -1.26. The highest BCUT2D eigenvalue weighted by Gasteiger charge is 2.38. The van der Waals surface area contributed by atoms with Crippen LogP contribution >= 0.6 is 0 Å². The first-order chi connectivity index (χ1) is 22.9. The van der Waals surface area contributed by atoms with Crippen molar-refractivity contribution in [1.82, 2.24) is 10.3 Å². The van der Waals surface area contributed by atoms with Gasteiger partial charge in [-0.2, -0.15) is 13.2 Å². The van der Waals surface area contributed by atoms with Gasteiger partial charge in [0, 0.05) is 29.4 Å². The second kappa shape index (κ2) is 16.2. The molecule has 49 heavy (non-hydrogen) atoms. The summed E-state index contributed by atoms with van der Waals surface area (Å²) >= 11 is 0. The van der Waals surface area contributed by atoms with E-state index in [4.69, 9.17) is 35.0 Å². The molecular weight excluding hydrogens is 671 g/mol. The van der Waals surface area contributed by atoms with Gasteiger partial charge in [0.15, 0.2) is 11.5 Å². The fraction of sp³-hybridized carbons (Fsp3) is 0.281. The van der Waals surface area contributed by atoms with Crippen molar-refractivity contribution in [2.75, 3.05) is 24.8 Å². The van der Waals surface area contributed by atoms with Crippen molar-refractivity contribution >= 4 is 44.2 Å². The number of ether oxygens (including phenoxy) is 3. The van der Waals surface area contributed by atoms with E-state index in [1.807, 2.05) is 45.0 Å². The van der Waals surface area contributed by atoms with E-state index in [2.05, 4.69) is 15.6 Å². The normalized spacial score (nSPS) is 12.0. The number of nitrogens with one attached hydrogen (secondary N) is 2. The number of nitrogen functional groups attached to an aromatic ring is 1. The number of nitrogens with two attached hydrogens (primary N) is 2. The number of hydrogen-bond acceptors (Lipinski definition) is 10. The molecule has 3 aromatic carbocycles. The molecule has 17 heteroatoms. The first-order valence-corrected chi connectivity index (χ1v) is 16.1. The van der Waals surface area contributed by atoms with Crippen molar-refractivity contribution in [2.45, 2.75) is 50.5 Å². The first kappa shape index (κ1) is 38.2. The van der Waals surface area contributed by atoms with Gasteiger partial charge < -0.3 is 35.7 Å². The van der Waals surface area contributed by atoms with Gasteiger partial charge in [0.25, 0.3) is 0 Å². The van der Waals surface area contributed by atoms with Gasteiger partial charge in [0.05, 0.1) is 24.7 Å². The van der Waals surface area contributed by atoms with Crippen molar-refractivity contribution in [3.05, 3.63) is 78.0 Å². The summed E-state index contributed by atoms with van der Waals surface area (Å²) in [5, 5.41) is 20.3. The molecule has 7 N–H and O–H groups in total. The van der Waals surface area contributed by atoms with Crippen molar-refractivity contribution in [3.63, 3.8) is 0 Å². The Labute approximate surface area is 280 Å². The number of benzene rings is 3. The maximum absolute atomic E-state index is 13.8. The summed E-state index contributed by atoms with van der Waals surface area (Å²) in [7, 11) is -2.49. The average molecular weight is 708 g/mol. The predicted molar refractivity (Wildman–Crippen MR) is 176 cm³/mol. The molecule has 13 nitrogen and oxygen atoms in total. The predicted octanol–water partition coefficient (Wildman–Crippen LogP) is 4.76. The van der Waals surface area contributed by atoms with Crippen molar-refractivity contribution in [1.29, 1.82) is 0 Å². The number of sulfonamides is 1. The zero-order chi connectivity index (χ0) is 36.5. The minimum absolute atomic E-state index is 0.0175. The molecule has 4 rings (SSSR count). The van der Waals surface area contributed by atoms with Crippen LogP contribution in [0.4, 0.5) is 24.7 Å². The number of halogens is 3. The number of carbonyl (C=O) groups excluding carboxylic acids is 1. The van der Waals surface area contributed by atoms with Gasteiger partial charge in [-0.3, -0.25) is 4.79 Å². The maximum atomic E-state index is 13.8. The second-order valence-corrected chi connectivity index (χ2v) is 12.1. The molecule has 0 bridgehead atoms. The third kappa shape index (κ3) is 10.6. The van der Waals surface area contributed by atoms with Crippen molar-refractivity contribution in [2.24, 2.45) is 5.14 Å². The summed E-state index contributed by atoms with van der Waals surface area (Å²) in [6.07, 6.45) is -3.54. The van der Waals surface area contributed by atoms with Crippen molar-refractivity contribution in [3.8, 4) is 17.2 Å². The van der Waals surface area contributed by atoms with E-state index in [-0.39, 0.29) is 23.5 Å². The number of carboxylic acids is 1. The number of fused-ring (bicyclic) bond motifs is 1. The molecule has 1 amide bonds. The third-order valence-electron chi connectivity index (χ3n) is 6.61.